The molecule has 20 heavy (non-hydrogen) atoms. The SMILES string of the molecule is CCCC(=O)Nc1n[nH]c(C)c1-c1ccc(OC)cc1. The van der Waals surface area contributed by atoms with Crippen molar-refractivity contribution in [2.75, 3.05) is 12.4 Å². The van der Waals surface area contributed by atoms with Gasteiger partial charge in [-0.05, 0) is 31.0 Å². The molecular formula is C15H19N3O2. The third-order valence-electron chi connectivity index (χ3n) is 3.06. The minimum absolute atomic E-state index is 0.0197. The van der Waals surface area contributed by atoms with Gasteiger partial charge in [-0.15, -0.1) is 0 Å². The molecule has 0 radical (unpaired) electrons. The monoisotopic (exact) mass is 273 g/mol. The number of carbonyl (C=O) groups excluding carboxylic acids is 1. The number of methoxy groups -OCH3 is 1. The number of H-pyrrole nitrogens is 1. The minimum atomic E-state index is -0.0197. The molecule has 0 aliphatic heterocycles. The summed E-state index contributed by atoms with van der Waals surface area (Å²) in [7, 11) is 1.63. The lowest BCUT2D eigenvalue weighted by Crippen LogP contribution is -2.11. The molecule has 2 rings (SSSR count). The summed E-state index contributed by atoms with van der Waals surface area (Å²) in [6, 6.07) is 7.68. The van der Waals surface area contributed by atoms with Gasteiger partial charge >= 0.3 is 0 Å². The number of amides is 1. The Morgan fingerprint density at radius 2 is 2.05 bits per heavy atom. The Morgan fingerprint density at radius 1 is 1.35 bits per heavy atom. The van der Waals surface area contributed by atoms with Crippen LogP contribution in [0.25, 0.3) is 11.1 Å². The summed E-state index contributed by atoms with van der Waals surface area (Å²) in [5.41, 5.74) is 2.82. The molecule has 106 valence electrons. The molecule has 0 atom stereocenters. The van der Waals surface area contributed by atoms with Crippen molar-refractivity contribution < 1.29 is 9.53 Å². The van der Waals surface area contributed by atoms with Crippen molar-refractivity contribution in [3.05, 3.63) is 30.0 Å². The van der Waals surface area contributed by atoms with Crippen LogP contribution >= 0.6 is 0 Å². The molecule has 0 aliphatic carbocycles. The number of hydrogen-bond donors (Lipinski definition) is 2. The molecule has 2 N–H and O–H groups in total. The van der Waals surface area contributed by atoms with E-state index in [1.807, 2.05) is 38.1 Å². The third kappa shape index (κ3) is 2.99. The average molecular weight is 273 g/mol. The Kier molecular flexibility index (Phi) is 4.40. The molecule has 0 saturated carbocycles. The summed E-state index contributed by atoms with van der Waals surface area (Å²) < 4.78 is 5.15. The molecule has 0 bridgehead atoms. The van der Waals surface area contributed by atoms with Gasteiger partial charge in [-0.3, -0.25) is 9.89 Å². The molecule has 0 aliphatic rings. The number of aromatic nitrogens is 2. The topological polar surface area (TPSA) is 67.0 Å². The summed E-state index contributed by atoms with van der Waals surface area (Å²) in [4.78, 5) is 11.7. The van der Waals surface area contributed by atoms with Gasteiger partial charge in [0.15, 0.2) is 5.82 Å². The number of benzene rings is 1. The predicted octanol–water partition coefficient (Wildman–Crippen LogP) is 3.13. The lowest BCUT2D eigenvalue weighted by atomic mass is 10.1. The van der Waals surface area contributed by atoms with Gasteiger partial charge in [-0.25, -0.2) is 0 Å². The first-order valence-electron chi connectivity index (χ1n) is 6.65. The second-order valence-corrected chi connectivity index (χ2v) is 4.60. The van der Waals surface area contributed by atoms with E-state index in [0.29, 0.717) is 12.2 Å². The van der Waals surface area contributed by atoms with Crippen molar-refractivity contribution in [1.29, 1.82) is 0 Å². The van der Waals surface area contributed by atoms with E-state index in [9.17, 15) is 4.79 Å². The van der Waals surface area contributed by atoms with Crippen molar-refractivity contribution in [3.8, 4) is 16.9 Å². The molecule has 0 spiro atoms. The Bertz CT molecular complexity index is 588. The van der Waals surface area contributed by atoms with Crippen LogP contribution in [-0.2, 0) is 4.79 Å². The molecule has 0 unspecified atom stereocenters. The lowest BCUT2D eigenvalue weighted by molar-refractivity contribution is -0.116. The van der Waals surface area contributed by atoms with Gasteiger partial charge in [0.25, 0.3) is 0 Å². The number of aromatic amines is 1. The highest BCUT2D eigenvalue weighted by Crippen LogP contribution is 2.30. The van der Waals surface area contributed by atoms with E-state index in [1.54, 1.807) is 7.11 Å². The summed E-state index contributed by atoms with van der Waals surface area (Å²) in [6.07, 6.45) is 1.31. The zero-order valence-corrected chi connectivity index (χ0v) is 12.0. The standard InChI is InChI=1S/C15H19N3O2/c1-4-5-13(19)16-15-14(10(2)17-18-15)11-6-8-12(20-3)9-7-11/h6-9H,4-5H2,1-3H3,(H2,16,17,18,19). The van der Waals surface area contributed by atoms with Gasteiger partial charge < -0.3 is 10.1 Å². The molecule has 5 heteroatoms. The van der Waals surface area contributed by atoms with Crippen LogP contribution in [0, 0.1) is 6.92 Å². The van der Waals surface area contributed by atoms with Crippen molar-refractivity contribution in [3.63, 3.8) is 0 Å². The highest BCUT2D eigenvalue weighted by atomic mass is 16.5. The van der Waals surface area contributed by atoms with Gasteiger partial charge in [0.2, 0.25) is 5.91 Å². The van der Waals surface area contributed by atoms with Crippen LogP contribution in [0.2, 0.25) is 0 Å². The molecule has 0 saturated heterocycles. The summed E-state index contributed by atoms with van der Waals surface area (Å²) in [5.74, 6) is 1.35. The van der Waals surface area contributed by atoms with E-state index < -0.39 is 0 Å². The largest absolute Gasteiger partial charge is 0.497 e. The maximum atomic E-state index is 11.7. The Morgan fingerprint density at radius 3 is 2.65 bits per heavy atom. The average Bonchev–Trinajstić information content (AvgIpc) is 2.80. The second kappa shape index (κ2) is 6.23. The first kappa shape index (κ1) is 14.1. The van der Waals surface area contributed by atoms with Crippen molar-refractivity contribution in [2.45, 2.75) is 26.7 Å². The number of ether oxygens (including phenoxy) is 1. The molecule has 1 aromatic carbocycles. The first-order chi connectivity index (χ1) is 9.65. The van der Waals surface area contributed by atoms with E-state index in [2.05, 4.69) is 15.5 Å². The molecular weight excluding hydrogens is 254 g/mol. The van der Waals surface area contributed by atoms with Gasteiger partial charge in [0.1, 0.15) is 5.75 Å². The fourth-order valence-electron chi connectivity index (χ4n) is 2.05. The first-order valence-corrected chi connectivity index (χ1v) is 6.65. The summed E-state index contributed by atoms with van der Waals surface area (Å²) in [6.45, 7) is 3.90. The van der Waals surface area contributed by atoms with Gasteiger partial charge in [0.05, 0.1) is 7.11 Å². The van der Waals surface area contributed by atoms with E-state index in [4.69, 9.17) is 4.74 Å². The Balaban J connectivity index is 2.30. The number of anilines is 1. The highest BCUT2D eigenvalue weighted by molar-refractivity contribution is 5.94. The molecule has 5 nitrogen and oxygen atoms in total. The van der Waals surface area contributed by atoms with Gasteiger partial charge in [-0.1, -0.05) is 19.1 Å². The van der Waals surface area contributed by atoms with Crippen LogP contribution in [0.4, 0.5) is 5.82 Å². The number of nitrogens with zero attached hydrogens (tertiary/aromatic N) is 1. The maximum absolute atomic E-state index is 11.7. The van der Waals surface area contributed by atoms with Crippen LogP contribution in [0.15, 0.2) is 24.3 Å². The number of rotatable bonds is 5. The molecule has 2 aromatic rings. The highest BCUT2D eigenvalue weighted by Gasteiger charge is 2.14. The molecule has 1 heterocycles. The van der Waals surface area contributed by atoms with Crippen molar-refractivity contribution in [2.24, 2.45) is 0 Å². The normalized spacial score (nSPS) is 10.3. The molecule has 0 fully saturated rings. The minimum Gasteiger partial charge on any atom is -0.497 e. The quantitative estimate of drug-likeness (QED) is 0.879. The van der Waals surface area contributed by atoms with E-state index >= 15 is 0 Å². The Labute approximate surface area is 118 Å². The fourth-order valence-corrected chi connectivity index (χ4v) is 2.05. The van der Waals surface area contributed by atoms with Gasteiger partial charge in [-0.2, -0.15) is 5.10 Å². The molecule has 1 aromatic heterocycles. The number of hydrogen-bond acceptors (Lipinski definition) is 3. The fraction of sp³-hybridized carbons (Fsp3) is 0.333. The van der Waals surface area contributed by atoms with Crippen LogP contribution < -0.4 is 10.1 Å². The second-order valence-electron chi connectivity index (χ2n) is 4.60. The third-order valence-corrected chi connectivity index (χ3v) is 3.06. The number of aryl methyl sites for hydroxylation is 1. The van der Waals surface area contributed by atoms with Crippen molar-refractivity contribution >= 4 is 11.7 Å². The summed E-state index contributed by atoms with van der Waals surface area (Å²) >= 11 is 0. The number of carbonyl (C=O) groups is 1. The van der Waals surface area contributed by atoms with E-state index in [-0.39, 0.29) is 5.91 Å². The van der Waals surface area contributed by atoms with E-state index in [1.165, 1.54) is 0 Å². The lowest BCUT2D eigenvalue weighted by Gasteiger charge is -2.07. The van der Waals surface area contributed by atoms with Crippen LogP contribution in [0.1, 0.15) is 25.5 Å². The summed E-state index contributed by atoms with van der Waals surface area (Å²) in [5, 5.41) is 9.93. The zero-order chi connectivity index (χ0) is 14.5. The predicted molar refractivity (Wildman–Crippen MR) is 78.9 cm³/mol. The van der Waals surface area contributed by atoms with Gasteiger partial charge in [0, 0.05) is 17.7 Å². The zero-order valence-electron chi connectivity index (χ0n) is 12.0. The van der Waals surface area contributed by atoms with Crippen molar-refractivity contribution in [1.82, 2.24) is 10.2 Å². The molecule has 1 amide bonds. The van der Waals surface area contributed by atoms with Crippen LogP contribution in [0.5, 0.6) is 5.75 Å². The Hall–Kier alpha value is -2.30. The maximum Gasteiger partial charge on any atom is 0.225 e. The smallest absolute Gasteiger partial charge is 0.225 e. The van der Waals surface area contributed by atoms with Crippen LogP contribution in [-0.4, -0.2) is 23.2 Å². The number of nitrogens with one attached hydrogen (secondary N) is 2. The van der Waals surface area contributed by atoms with E-state index in [0.717, 1.165) is 29.0 Å². The van der Waals surface area contributed by atoms with Crippen LogP contribution in [0.3, 0.4) is 0 Å².